The lowest BCUT2D eigenvalue weighted by Gasteiger charge is -2.08. The zero-order chi connectivity index (χ0) is 12.8. The van der Waals surface area contributed by atoms with Gasteiger partial charge in [0.2, 0.25) is 0 Å². The van der Waals surface area contributed by atoms with Crippen LogP contribution in [0.4, 0.5) is 0 Å². The number of Topliss-reactive ketones (excluding diaryl/α,β-unsaturated/α-hetero) is 1. The molecule has 0 atom stereocenters. The largest absolute Gasteiger partial charge is 0.493 e. The van der Waals surface area contributed by atoms with E-state index in [1.165, 1.54) is 29.6 Å². The number of hydrogen-bond acceptors (Lipinski definition) is 6. The van der Waals surface area contributed by atoms with Crippen molar-refractivity contribution in [1.82, 2.24) is 9.36 Å². The maximum atomic E-state index is 12.1. The number of nitrogens with zero attached hydrogens (tertiary/aromatic N) is 2. The Labute approximate surface area is 114 Å². The Bertz CT molecular complexity index is 515. The molecule has 0 saturated carbocycles. The van der Waals surface area contributed by atoms with Gasteiger partial charge >= 0.3 is 0 Å². The van der Waals surface area contributed by atoms with Crippen LogP contribution in [0, 0.1) is 0 Å². The van der Waals surface area contributed by atoms with E-state index in [9.17, 15) is 4.79 Å². The van der Waals surface area contributed by atoms with Gasteiger partial charge in [-0.3, -0.25) is 4.79 Å². The Balaban J connectivity index is 2.04. The van der Waals surface area contributed by atoms with Gasteiger partial charge in [-0.25, -0.2) is 4.98 Å². The minimum Gasteiger partial charge on any atom is -0.493 e. The number of hydrogen-bond donors (Lipinski definition) is 0. The van der Waals surface area contributed by atoms with Crippen molar-refractivity contribution in [2.75, 3.05) is 12.4 Å². The first-order chi connectivity index (χ1) is 8.81. The highest BCUT2D eigenvalue weighted by Crippen LogP contribution is 2.23. The number of ketones is 1. The van der Waals surface area contributed by atoms with Crippen molar-refractivity contribution in [2.24, 2.45) is 0 Å². The molecule has 0 N–H and O–H groups in total. The van der Waals surface area contributed by atoms with Crippen LogP contribution >= 0.6 is 23.3 Å². The van der Waals surface area contributed by atoms with Crippen LogP contribution in [0.5, 0.6) is 5.75 Å². The zero-order valence-electron chi connectivity index (χ0n) is 9.83. The van der Waals surface area contributed by atoms with Gasteiger partial charge in [-0.15, -0.1) is 0 Å². The Morgan fingerprint density at radius 1 is 1.44 bits per heavy atom. The molecule has 1 aromatic carbocycles. The molecular weight excluding hydrogens is 268 g/mol. The molecule has 0 aliphatic heterocycles. The molecule has 0 aliphatic carbocycles. The summed E-state index contributed by atoms with van der Waals surface area (Å²) in [6, 6.07) is 7.30. The van der Waals surface area contributed by atoms with Gasteiger partial charge in [-0.1, -0.05) is 23.9 Å². The third-order valence-electron chi connectivity index (χ3n) is 2.16. The minimum atomic E-state index is 0.0410. The zero-order valence-corrected chi connectivity index (χ0v) is 11.5. The SMILES string of the molecule is CCOc1ccccc1C(=O)CSc1ncns1. The van der Waals surface area contributed by atoms with Gasteiger partial charge < -0.3 is 4.74 Å². The van der Waals surface area contributed by atoms with Gasteiger partial charge in [0.15, 0.2) is 10.1 Å². The molecule has 2 rings (SSSR count). The normalized spacial score (nSPS) is 10.3. The summed E-state index contributed by atoms with van der Waals surface area (Å²) in [7, 11) is 0. The van der Waals surface area contributed by atoms with Crippen LogP contribution in [0.25, 0.3) is 0 Å². The average molecular weight is 280 g/mol. The van der Waals surface area contributed by atoms with Crippen molar-refractivity contribution in [3.05, 3.63) is 36.2 Å². The number of carbonyl (C=O) groups excluding carboxylic acids is 1. The first-order valence-corrected chi connectivity index (χ1v) is 7.21. The van der Waals surface area contributed by atoms with Crippen LogP contribution in [-0.4, -0.2) is 27.5 Å². The fourth-order valence-corrected chi connectivity index (χ4v) is 2.74. The molecule has 1 heterocycles. The first-order valence-electron chi connectivity index (χ1n) is 5.45. The fraction of sp³-hybridized carbons (Fsp3) is 0.250. The van der Waals surface area contributed by atoms with Crippen molar-refractivity contribution in [2.45, 2.75) is 11.3 Å². The van der Waals surface area contributed by atoms with Crippen molar-refractivity contribution in [3.8, 4) is 5.75 Å². The predicted octanol–water partition coefficient (Wildman–Crippen LogP) is 2.91. The monoisotopic (exact) mass is 280 g/mol. The van der Waals surface area contributed by atoms with Gasteiger partial charge in [0, 0.05) is 0 Å². The van der Waals surface area contributed by atoms with Crippen LogP contribution in [0.15, 0.2) is 34.9 Å². The lowest BCUT2D eigenvalue weighted by molar-refractivity contribution is 0.101. The molecule has 0 spiro atoms. The van der Waals surface area contributed by atoms with Crippen LogP contribution in [0.3, 0.4) is 0 Å². The van der Waals surface area contributed by atoms with Crippen LogP contribution < -0.4 is 4.74 Å². The van der Waals surface area contributed by atoms with Crippen molar-refractivity contribution >= 4 is 29.1 Å². The molecule has 0 amide bonds. The Morgan fingerprint density at radius 3 is 3.00 bits per heavy atom. The van der Waals surface area contributed by atoms with E-state index in [-0.39, 0.29) is 5.78 Å². The van der Waals surface area contributed by atoms with Gasteiger partial charge in [0.1, 0.15) is 12.1 Å². The summed E-state index contributed by atoms with van der Waals surface area (Å²) < 4.78 is 10.1. The molecule has 1 aromatic heterocycles. The van der Waals surface area contributed by atoms with E-state index in [2.05, 4.69) is 9.36 Å². The maximum Gasteiger partial charge on any atom is 0.176 e. The van der Waals surface area contributed by atoms with Crippen LogP contribution in [0.2, 0.25) is 0 Å². The third-order valence-corrected chi connectivity index (χ3v) is 3.95. The number of rotatable bonds is 6. The molecule has 94 valence electrons. The molecule has 0 radical (unpaired) electrons. The quantitative estimate of drug-likeness (QED) is 0.601. The molecule has 0 bridgehead atoms. The molecule has 18 heavy (non-hydrogen) atoms. The molecule has 4 nitrogen and oxygen atoms in total. The van der Waals surface area contributed by atoms with E-state index in [0.717, 1.165) is 4.34 Å². The minimum absolute atomic E-state index is 0.0410. The highest BCUT2D eigenvalue weighted by atomic mass is 32.2. The summed E-state index contributed by atoms with van der Waals surface area (Å²) in [6.45, 7) is 2.45. The lowest BCUT2D eigenvalue weighted by atomic mass is 10.1. The second-order valence-corrected chi connectivity index (χ2v) is 5.35. The number of carbonyl (C=O) groups is 1. The standard InChI is InChI=1S/C12H12N2O2S2/c1-2-16-11-6-4-3-5-9(11)10(15)7-17-12-13-8-14-18-12/h3-6,8H,2,7H2,1H3. The smallest absolute Gasteiger partial charge is 0.176 e. The predicted molar refractivity (Wildman–Crippen MR) is 72.6 cm³/mol. The number of para-hydroxylation sites is 1. The molecule has 0 fully saturated rings. The van der Waals surface area contributed by atoms with Gasteiger partial charge in [-0.05, 0) is 30.6 Å². The summed E-state index contributed by atoms with van der Waals surface area (Å²) in [5.41, 5.74) is 0.622. The third kappa shape index (κ3) is 3.30. The average Bonchev–Trinajstić information content (AvgIpc) is 2.90. The van der Waals surface area contributed by atoms with E-state index < -0.39 is 0 Å². The van der Waals surface area contributed by atoms with Gasteiger partial charge in [0.05, 0.1) is 17.9 Å². The summed E-state index contributed by atoms with van der Waals surface area (Å²) >= 11 is 2.69. The Kier molecular flexibility index (Phi) is 4.72. The molecule has 0 aliphatic rings. The highest BCUT2D eigenvalue weighted by molar-refractivity contribution is 8.01. The fourth-order valence-electron chi connectivity index (χ4n) is 1.41. The Morgan fingerprint density at radius 2 is 2.28 bits per heavy atom. The van der Waals surface area contributed by atoms with E-state index in [4.69, 9.17) is 4.74 Å². The van der Waals surface area contributed by atoms with Crippen LogP contribution in [-0.2, 0) is 0 Å². The Hall–Kier alpha value is -1.40. The van der Waals surface area contributed by atoms with E-state index in [1.807, 2.05) is 25.1 Å². The second kappa shape index (κ2) is 6.51. The van der Waals surface area contributed by atoms with Crippen molar-refractivity contribution in [1.29, 1.82) is 0 Å². The van der Waals surface area contributed by atoms with E-state index in [1.54, 1.807) is 6.07 Å². The van der Waals surface area contributed by atoms with Gasteiger partial charge in [0.25, 0.3) is 0 Å². The number of thioether (sulfide) groups is 1. The summed E-state index contributed by atoms with van der Waals surface area (Å²) in [5, 5.41) is 0. The number of benzene rings is 1. The van der Waals surface area contributed by atoms with Crippen LogP contribution in [0.1, 0.15) is 17.3 Å². The summed E-state index contributed by atoms with van der Waals surface area (Å²) in [4.78, 5) is 16.1. The topological polar surface area (TPSA) is 52.1 Å². The number of ether oxygens (including phenoxy) is 1. The lowest BCUT2D eigenvalue weighted by Crippen LogP contribution is -2.06. The molecular formula is C12H12N2O2S2. The second-order valence-electron chi connectivity index (χ2n) is 3.35. The summed E-state index contributed by atoms with van der Waals surface area (Å²) in [5.74, 6) is 1.03. The van der Waals surface area contributed by atoms with Crippen molar-refractivity contribution < 1.29 is 9.53 Å². The maximum absolute atomic E-state index is 12.1. The summed E-state index contributed by atoms with van der Waals surface area (Å²) in [6.07, 6.45) is 1.49. The highest BCUT2D eigenvalue weighted by Gasteiger charge is 2.12. The molecule has 2 aromatic rings. The van der Waals surface area contributed by atoms with Crippen molar-refractivity contribution in [3.63, 3.8) is 0 Å². The van der Waals surface area contributed by atoms with Gasteiger partial charge in [-0.2, -0.15) is 4.37 Å². The molecule has 0 unspecified atom stereocenters. The van der Waals surface area contributed by atoms with E-state index >= 15 is 0 Å². The number of aromatic nitrogens is 2. The first kappa shape index (κ1) is 13.0. The molecule has 0 saturated heterocycles. The molecule has 6 heteroatoms. The van der Waals surface area contributed by atoms with E-state index in [0.29, 0.717) is 23.7 Å².